The first-order valence-electron chi connectivity index (χ1n) is 6.71. The van der Waals surface area contributed by atoms with E-state index < -0.39 is 0 Å². The number of nitrogens with zero attached hydrogens (tertiary/aromatic N) is 3. The molecule has 0 fully saturated rings. The van der Waals surface area contributed by atoms with Gasteiger partial charge in [-0.05, 0) is 31.0 Å². The average Bonchev–Trinajstić information content (AvgIpc) is 2.82. The summed E-state index contributed by atoms with van der Waals surface area (Å²) in [5.74, 6) is 6.69. The standard InChI is InChI=1S/C14H19N5OS/c1-4-12-17-18-14(19(12)15)21-8-13(20)16-11-7-5-6-9(2)10(11)3/h5-7H,4,8,15H2,1-3H3,(H,16,20). The molecule has 0 aliphatic rings. The van der Waals surface area contributed by atoms with Gasteiger partial charge in [-0.15, -0.1) is 10.2 Å². The fourth-order valence-electron chi connectivity index (χ4n) is 1.85. The molecule has 21 heavy (non-hydrogen) atoms. The van der Waals surface area contributed by atoms with Gasteiger partial charge < -0.3 is 11.2 Å². The van der Waals surface area contributed by atoms with E-state index in [1.807, 2.05) is 39.0 Å². The van der Waals surface area contributed by atoms with Gasteiger partial charge in [0.25, 0.3) is 0 Å². The molecule has 2 aromatic rings. The van der Waals surface area contributed by atoms with Crippen LogP contribution in [0.4, 0.5) is 5.69 Å². The van der Waals surface area contributed by atoms with Crippen LogP contribution in [0.1, 0.15) is 23.9 Å². The monoisotopic (exact) mass is 305 g/mol. The van der Waals surface area contributed by atoms with Gasteiger partial charge in [0.1, 0.15) is 0 Å². The van der Waals surface area contributed by atoms with Gasteiger partial charge >= 0.3 is 0 Å². The lowest BCUT2D eigenvalue weighted by atomic mass is 10.1. The van der Waals surface area contributed by atoms with Crippen LogP contribution in [0.25, 0.3) is 0 Å². The number of nitrogens with two attached hydrogens (primary N) is 1. The zero-order chi connectivity index (χ0) is 15.4. The molecule has 1 heterocycles. The third-order valence-electron chi connectivity index (χ3n) is 3.26. The van der Waals surface area contributed by atoms with Crippen molar-refractivity contribution in [2.75, 3.05) is 16.9 Å². The highest BCUT2D eigenvalue weighted by molar-refractivity contribution is 7.99. The topological polar surface area (TPSA) is 85.8 Å². The number of carbonyl (C=O) groups is 1. The first kappa shape index (κ1) is 15.4. The summed E-state index contributed by atoms with van der Waals surface area (Å²) in [6.45, 7) is 5.96. The average molecular weight is 305 g/mol. The molecular weight excluding hydrogens is 286 g/mol. The van der Waals surface area contributed by atoms with Crippen molar-refractivity contribution in [3.63, 3.8) is 0 Å². The lowest BCUT2D eigenvalue weighted by molar-refractivity contribution is -0.113. The smallest absolute Gasteiger partial charge is 0.234 e. The highest BCUT2D eigenvalue weighted by Gasteiger charge is 2.12. The summed E-state index contributed by atoms with van der Waals surface area (Å²) in [7, 11) is 0. The Labute approximate surface area is 128 Å². The molecule has 0 atom stereocenters. The largest absolute Gasteiger partial charge is 0.336 e. The Morgan fingerprint density at radius 3 is 2.81 bits per heavy atom. The molecular formula is C14H19N5OS. The van der Waals surface area contributed by atoms with E-state index in [0.717, 1.165) is 16.8 Å². The summed E-state index contributed by atoms with van der Waals surface area (Å²) in [5, 5.41) is 11.4. The van der Waals surface area contributed by atoms with Crippen molar-refractivity contribution < 1.29 is 4.79 Å². The first-order valence-corrected chi connectivity index (χ1v) is 7.69. The van der Waals surface area contributed by atoms with E-state index in [1.165, 1.54) is 16.4 Å². The minimum absolute atomic E-state index is 0.0882. The first-order chi connectivity index (χ1) is 10.0. The molecule has 0 saturated heterocycles. The normalized spacial score (nSPS) is 10.6. The zero-order valence-corrected chi connectivity index (χ0v) is 13.2. The molecule has 1 aromatic heterocycles. The molecule has 0 spiro atoms. The third-order valence-corrected chi connectivity index (χ3v) is 4.21. The molecule has 0 radical (unpaired) electrons. The van der Waals surface area contributed by atoms with Gasteiger partial charge in [0, 0.05) is 12.1 Å². The lowest BCUT2D eigenvalue weighted by Gasteiger charge is -2.10. The summed E-state index contributed by atoms with van der Waals surface area (Å²) in [6.07, 6.45) is 0.707. The highest BCUT2D eigenvalue weighted by atomic mass is 32.2. The number of carbonyl (C=O) groups excluding carboxylic acids is 1. The summed E-state index contributed by atoms with van der Waals surface area (Å²) in [6, 6.07) is 5.84. The number of hydrogen-bond donors (Lipinski definition) is 2. The van der Waals surface area contributed by atoms with E-state index in [0.29, 0.717) is 17.4 Å². The number of thioether (sulfide) groups is 1. The summed E-state index contributed by atoms with van der Waals surface area (Å²) >= 11 is 1.27. The maximum atomic E-state index is 12.0. The van der Waals surface area contributed by atoms with Crippen LogP contribution < -0.4 is 11.2 Å². The van der Waals surface area contributed by atoms with Crippen molar-refractivity contribution in [1.29, 1.82) is 0 Å². The number of hydrogen-bond acceptors (Lipinski definition) is 5. The van der Waals surface area contributed by atoms with Crippen LogP contribution in [-0.2, 0) is 11.2 Å². The minimum atomic E-state index is -0.0882. The fraction of sp³-hybridized carbons (Fsp3) is 0.357. The number of nitrogen functional groups attached to an aromatic ring is 1. The SMILES string of the molecule is CCc1nnc(SCC(=O)Nc2cccc(C)c2C)n1N. The van der Waals surface area contributed by atoms with Crippen LogP contribution in [0.2, 0.25) is 0 Å². The second-order valence-electron chi connectivity index (χ2n) is 4.71. The zero-order valence-electron chi connectivity index (χ0n) is 12.4. The molecule has 0 unspecified atom stereocenters. The summed E-state index contributed by atoms with van der Waals surface area (Å²) < 4.78 is 1.43. The number of nitrogens with one attached hydrogen (secondary N) is 1. The second-order valence-corrected chi connectivity index (χ2v) is 5.65. The summed E-state index contributed by atoms with van der Waals surface area (Å²) in [5.41, 5.74) is 3.06. The molecule has 2 rings (SSSR count). The maximum absolute atomic E-state index is 12.0. The molecule has 0 aliphatic heterocycles. The van der Waals surface area contributed by atoms with Crippen LogP contribution in [0.5, 0.6) is 0 Å². The Morgan fingerprint density at radius 2 is 2.14 bits per heavy atom. The number of aryl methyl sites for hydroxylation is 2. The van der Waals surface area contributed by atoms with E-state index >= 15 is 0 Å². The van der Waals surface area contributed by atoms with Gasteiger partial charge in [0.2, 0.25) is 11.1 Å². The molecule has 0 aliphatic carbocycles. The Balaban J connectivity index is 1.96. The van der Waals surface area contributed by atoms with Crippen LogP contribution in [0.15, 0.2) is 23.4 Å². The van der Waals surface area contributed by atoms with Crippen LogP contribution in [0, 0.1) is 13.8 Å². The van der Waals surface area contributed by atoms with Crippen molar-refractivity contribution >= 4 is 23.4 Å². The van der Waals surface area contributed by atoms with Gasteiger partial charge in [-0.1, -0.05) is 30.8 Å². The third kappa shape index (κ3) is 3.55. The molecule has 1 amide bonds. The molecule has 3 N–H and O–H groups in total. The van der Waals surface area contributed by atoms with Crippen LogP contribution in [0.3, 0.4) is 0 Å². The molecule has 0 saturated carbocycles. The van der Waals surface area contributed by atoms with E-state index in [9.17, 15) is 4.79 Å². The van der Waals surface area contributed by atoms with E-state index in [1.54, 1.807) is 0 Å². The van der Waals surface area contributed by atoms with E-state index in [2.05, 4.69) is 15.5 Å². The molecule has 6 nitrogen and oxygen atoms in total. The number of aromatic nitrogens is 3. The number of benzene rings is 1. The van der Waals surface area contributed by atoms with Gasteiger partial charge in [-0.25, -0.2) is 4.68 Å². The quantitative estimate of drug-likeness (QED) is 0.651. The predicted molar refractivity (Wildman–Crippen MR) is 84.8 cm³/mol. The Bertz CT molecular complexity index is 653. The van der Waals surface area contributed by atoms with Crippen molar-refractivity contribution in [3.8, 4) is 0 Å². The maximum Gasteiger partial charge on any atom is 0.234 e. The molecule has 1 aromatic carbocycles. The summed E-state index contributed by atoms with van der Waals surface area (Å²) in [4.78, 5) is 12.0. The van der Waals surface area contributed by atoms with Crippen molar-refractivity contribution in [3.05, 3.63) is 35.2 Å². The Morgan fingerprint density at radius 1 is 1.38 bits per heavy atom. The van der Waals surface area contributed by atoms with Crippen molar-refractivity contribution in [1.82, 2.24) is 14.9 Å². The van der Waals surface area contributed by atoms with E-state index in [4.69, 9.17) is 5.84 Å². The van der Waals surface area contributed by atoms with E-state index in [-0.39, 0.29) is 11.7 Å². The number of anilines is 1. The Hall–Kier alpha value is -2.02. The van der Waals surface area contributed by atoms with Crippen molar-refractivity contribution in [2.45, 2.75) is 32.3 Å². The van der Waals surface area contributed by atoms with Gasteiger partial charge in [0.15, 0.2) is 5.82 Å². The van der Waals surface area contributed by atoms with Crippen LogP contribution in [-0.4, -0.2) is 26.5 Å². The van der Waals surface area contributed by atoms with Gasteiger partial charge in [-0.3, -0.25) is 4.79 Å². The lowest BCUT2D eigenvalue weighted by Crippen LogP contribution is -2.17. The van der Waals surface area contributed by atoms with Crippen LogP contribution >= 0.6 is 11.8 Å². The predicted octanol–water partition coefficient (Wildman–Crippen LogP) is 1.90. The van der Waals surface area contributed by atoms with Crippen molar-refractivity contribution in [2.24, 2.45) is 0 Å². The number of amides is 1. The molecule has 7 heteroatoms. The molecule has 112 valence electrons. The highest BCUT2D eigenvalue weighted by Crippen LogP contribution is 2.19. The van der Waals surface area contributed by atoms with Gasteiger partial charge in [0.05, 0.1) is 5.75 Å². The number of rotatable bonds is 5. The minimum Gasteiger partial charge on any atom is -0.336 e. The Kier molecular flexibility index (Phi) is 4.85. The molecule has 0 bridgehead atoms. The van der Waals surface area contributed by atoms with Gasteiger partial charge in [-0.2, -0.15) is 0 Å². The second kappa shape index (κ2) is 6.62. The fourth-order valence-corrected chi connectivity index (χ4v) is 2.52.